The fraction of sp³-hybridized carbons (Fsp3) is 0.391. The molecule has 0 saturated carbocycles. The highest BCUT2D eigenvalue weighted by molar-refractivity contribution is 5.94. The SMILES string of the molecule is COc1ccccc1C(C)N(C)C(=O)c1ccc(CNC(=O)OC(C)(C)C)cc1. The third-order valence-corrected chi connectivity index (χ3v) is 4.53. The molecule has 2 aromatic carbocycles. The van der Waals surface area contributed by atoms with E-state index in [-0.39, 0.29) is 11.9 Å². The zero-order chi connectivity index (χ0) is 21.6. The molecule has 0 bridgehead atoms. The van der Waals surface area contributed by atoms with E-state index in [4.69, 9.17) is 9.47 Å². The quantitative estimate of drug-likeness (QED) is 0.775. The predicted molar refractivity (Wildman–Crippen MR) is 113 cm³/mol. The van der Waals surface area contributed by atoms with Crippen molar-refractivity contribution in [3.05, 3.63) is 65.2 Å². The minimum Gasteiger partial charge on any atom is -0.496 e. The van der Waals surface area contributed by atoms with Gasteiger partial charge in [0.2, 0.25) is 0 Å². The van der Waals surface area contributed by atoms with E-state index in [2.05, 4.69) is 5.32 Å². The Balaban J connectivity index is 2.01. The summed E-state index contributed by atoms with van der Waals surface area (Å²) in [6.07, 6.45) is -0.469. The Morgan fingerprint density at radius 2 is 1.69 bits per heavy atom. The molecule has 156 valence electrons. The van der Waals surface area contributed by atoms with Crippen LogP contribution in [0.4, 0.5) is 4.79 Å². The van der Waals surface area contributed by atoms with Crippen LogP contribution in [0.3, 0.4) is 0 Å². The molecule has 1 N–H and O–H groups in total. The van der Waals surface area contributed by atoms with Gasteiger partial charge in [0.05, 0.1) is 13.2 Å². The Bertz CT molecular complexity index is 841. The van der Waals surface area contributed by atoms with Crippen molar-refractivity contribution in [3.63, 3.8) is 0 Å². The number of methoxy groups -OCH3 is 1. The standard InChI is InChI=1S/C23H30N2O4/c1-16(19-9-7-8-10-20(19)28-6)25(5)21(26)18-13-11-17(12-14-18)15-24-22(27)29-23(2,3)4/h7-14,16H,15H2,1-6H3,(H,24,27). The molecule has 0 radical (unpaired) electrons. The Morgan fingerprint density at radius 3 is 2.28 bits per heavy atom. The summed E-state index contributed by atoms with van der Waals surface area (Å²) >= 11 is 0. The van der Waals surface area contributed by atoms with Gasteiger partial charge in [-0.2, -0.15) is 0 Å². The third kappa shape index (κ3) is 6.24. The first-order valence-corrected chi connectivity index (χ1v) is 9.58. The van der Waals surface area contributed by atoms with Gasteiger partial charge < -0.3 is 19.7 Å². The maximum Gasteiger partial charge on any atom is 0.407 e. The average Bonchev–Trinajstić information content (AvgIpc) is 2.69. The average molecular weight is 399 g/mol. The number of amides is 2. The number of carbonyl (C=O) groups is 2. The summed E-state index contributed by atoms with van der Waals surface area (Å²) in [4.78, 5) is 26.3. The smallest absolute Gasteiger partial charge is 0.407 e. The molecular formula is C23H30N2O4. The van der Waals surface area contributed by atoms with E-state index in [1.54, 1.807) is 31.2 Å². The summed E-state index contributed by atoms with van der Waals surface area (Å²) in [6, 6.07) is 14.7. The molecule has 0 aromatic heterocycles. The molecule has 0 fully saturated rings. The number of nitrogens with one attached hydrogen (secondary N) is 1. The van der Waals surface area contributed by atoms with Gasteiger partial charge in [-0.05, 0) is 51.5 Å². The van der Waals surface area contributed by atoms with E-state index < -0.39 is 11.7 Å². The number of para-hydroxylation sites is 1. The molecule has 0 heterocycles. The predicted octanol–water partition coefficient (Wildman–Crippen LogP) is 4.55. The second kappa shape index (κ2) is 9.45. The Kier molecular flexibility index (Phi) is 7.26. The molecule has 2 amide bonds. The van der Waals surface area contributed by atoms with Crippen molar-refractivity contribution >= 4 is 12.0 Å². The summed E-state index contributed by atoms with van der Waals surface area (Å²) in [5, 5.41) is 2.71. The highest BCUT2D eigenvalue weighted by atomic mass is 16.6. The van der Waals surface area contributed by atoms with Crippen molar-refractivity contribution in [2.45, 2.75) is 45.9 Å². The van der Waals surface area contributed by atoms with Gasteiger partial charge in [-0.15, -0.1) is 0 Å². The van der Waals surface area contributed by atoms with Crippen LogP contribution in [0.15, 0.2) is 48.5 Å². The molecule has 2 aromatic rings. The van der Waals surface area contributed by atoms with Crippen LogP contribution in [0.1, 0.15) is 55.2 Å². The first-order chi connectivity index (χ1) is 13.6. The van der Waals surface area contributed by atoms with E-state index in [0.29, 0.717) is 12.1 Å². The number of alkyl carbamates (subject to hydrolysis) is 1. The van der Waals surface area contributed by atoms with Gasteiger partial charge in [0.25, 0.3) is 5.91 Å². The summed E-state index contributed by atoms with van der Waals surface area (Å²) in [6.45, 7) is 7.74. The molecule has 0 aliphatic carbocycles. The van der Waals surface area contributed by atoms with Gasteiger partial charge in [0, 0.05) is 24.7 Å². The Labute approximate surface area is 172 Å². The van der Waals surface area contributed by atoms with Gasteiger partial charge in [-0.3, -0.25) is 4.79 Å². The first-order valence-electron chi connectivity index (χ1n) is 9.58. The van der Waals surface area contributed by atoms with Crippen LogP contribution in [0.2, 0.25) is 0 Å². The molecule has 29 heavy (non-hydrogen) atoms. The number of benzene rings is 2. The number of hydrogen-bond acceptors (Lipinski definition) is 4. The molecule has 0 spiro atoms. The van der Waals surface area contributed by atoms with Crippen LogP contribution in [0, 0.1) is 0 Å². The number of carbonyl (C=O) groups excluding carboxylic acids is 2. The molecule has 1 unspecified atom stereocenters. The monoisotopic (exact) mass is 398 g/mol. The van der Waals surface area contributed by atoms with Crippen LogP contribution in [-0.4, -0.2) is 36.7 Å². The van der Waals surface area contributed by atoms with Crippen LogP contribution in [-0.2, 0) is 11.3 Å². The van der Waals surface area contributed by atoms with Crippen LogP contribution in [0.5, 0.6) is 5.75 Å². The molecule has 0 saturated heterocycles. The zero-order valence-electron chi connectivity index (χ0n) is 18.0. The minimum absolute atomic E-state index is 0.0879. The Hall–Kier alpha value is -3.02. The fourth-order valence-corrected chi connectivity index (χ4v) is 2.85. The maximum absolute atomic E-state index is 12.9. The first kappa shape index (κ1) is 22.3. The molecule has 1 atom stereocenters. The highest BCUT2D eigenvalue weighted by Gasteiger charge is 2.21. The molecule has 6 heteroatoms. The van der Waals surface area contributed by atoms with E-state index >= 15 is 0 Å². The summed E-state index contributed by atoms with van der Waals surface area (Å²) in [5.41, 5.74) is 1.87. The van der Waals surface area contributed by atoms with Gasteiger partial charge >= 0.3 is 6.09 Å². The lowest BCUT2D eigenvalue weighted by molar-refractivity contribution is 0.0523. The molecule has 6 nitrogen and oxygen atoms in total. The Morgan fingerprint density at radius 1 is 1.07 bits per heavy atom. The topological polar surface area (TPSA) is 67.9 Å². The van der Waals surface area contributed by atoms with Gasteiger partial charge in [-0.25, -0.2) is 4.79 Å². The van der Waals surface area contributed by atoms with Crippen molar-refractivity contribution in [2.24, 2.45) is 0 Å². The lowest BCUT2D eigenvalue weighted by Crippen LogP contribution is -2.32. The molecular weight excluding hydrogens is 368 g/mol. The number of ether oxygens (including phenoxy) is 2. The molecule has 0 aliphatic rings. The van der Waals surface area contributed by atoms with Crippen LogP contribution in [0.25, 0.3) is 0 Å². The van der Waals surface area contributed by atoms with Crippen molar-refractivity contribution < 1.29 is 19.1 Å². The fourth-order valence-electron chi connectivity index (χ4n) is 2.85. The lowest BCUT2D eigenvalue weighted by Gasteiger charge is -2.26. The van der Waals surface area contributed by atoms with E-state index in [9.17, 15) is 9.59 Å². The van der Waals surface area contributed by atoms with E-state index in [1.807, 2.05) is 64.1 Å². The minimum atomic E-state index is -0.539. The highest BCUT2D eigenvalue weighted by Crippen LogP contribution is 2.29. The number of nitrogens with zero attached hydrogens (tertiary/aromatic N) is 1. The largest absolute Gasteiger partial charge is 0.496 e. The van der Waals surface area contributed by atoms with Gasteiger partial charge in [0.1, 0.15) is 11.4 Å². The third-order valence-electron chi connectivity index (χ3n) is 4.53. The van der Waals surface area contributed by atoms with Crippen LogP contribution >= 0.6 is 0 Å². The van der Waals surface area contributed by atoms with Gasteiger partial charge in [0.15, 0.2) is 0 Å². The normalized spacial score (nSPS) is 12.1. The summed E-state index contributed by atoms with van der Waals surface area (Å²) in [5.74, 6) is 0.665. The second-order valence-corrected chi connectivity index (χ2v) is 7.89. The number of rotatable bonds is 6. The lowest BCUT2D eigenvalue weighted by atomic mass is 10.0. The molecule has 0 aliphatic heterocycles. The van der Waals surface area contributed by atoms with Crippen molar-refractivity contribution in [1.82, 2.24) is 10.2 Å². The summed E-state index contributed by atoms with van der Waals surface area (Å²) in [7, 11) is 3.40. The summed E-state index contributed by atoms with van der Waals surface area (Å²) < 4.78 is 10.6. The van der Waals surface area contributed by atoms with Crippen molar-refractivity contribution in [3.8, 4) is 5.75 Å². The van der Waals surface area contributed by atoms with E-state index in [1.165, 1.54) is 0 Å². The van der Waals surface area contributed by atoms with E-state index in [0.717, 1.165) is 16.9 Å². The van der Waals surface area contributed by atoms with Crippen molar-refractivity contribution in [1.29, 1.82) is 0 Å². The molecule has 2 rings (SSSR count). The van der Waals surface area contributed by atoms with Gasteiger partial charge in [-0.1, -0.05) is 30.3 Å². The zero-order valence-corrected chi connectivity index (χ0v) is 18.0. The number of hydrogen-bond donors (Lipinski definition) is 1. The maximum atomic E-state index is 12.9. The second-order valence-electron chi connectivity index (χ2n) is 7.89. The van der Waals surface area contributed by atoms with Crippen LogP contribution < -0.4 is 10.1 Å². The van der Waals surface area contributed by atoms with Crippen molar-refractivity contribution in [2.75, 3.05) is 14.2 Å².